The van der Waals surface area contributed by atoms with Crippen molar-refractivity contribution >= 4 is 11.6 Å². The van der Waals surface area contributed by atoms with Crippen molar-refractivity contribution in [3.63, 3.8) is 0 Å². The summed E-state index contributed by atoms with van der Waals surface area (Å²) in [5.41, 5.74) is 0.274. The van der Waals surface area contributed by atoms with Crippen molar-refractivity contribution in [3.8, 4) is 0 Å². The Hall–Kier alpha value is -4.59. The van der Waals surface area contributed by atoms with Gasteiger partial charge in [0, 0.05) is 51.4 Å². The summed E-state index contributed by atoms with van der Waals surface area (Å²) in [5.74, 6) is -2.48. The Kier molecular flexibility index (Phi) is 12.4. The van der Waals surface area contributed by atoms with E-state index in [9.17, 15) is 31.5 Å². The van der Waals surface area contributed by atoms with Gasteiger partial charge < -0.3 is 0 Å². The van der Waals surface area contributed by atoms with Gasteiger partial charge in [-0.1, -0.05) is 73.1 Å². The Balaban J connectivity index is 1.03. The SMILES string of the molecule is Cn1nc(Cc2ccccc2C(F)(F)F)n(CCC2CCC(C)(Cc3ccc(F)c(Cc4nn(Cc5ccccc5)c(=O)n4CC4CCC(F)(F)CC4)c3Cl)CC2)c1=O. The van der Waals surface area contributed by atoms with Crippen LogP contribution in [-0.2, 0) is 52.1 Å². The van der Waals surface area contributed by atoms with Crippen LogP contribution in [0.25, 0.3) is 0 Å². The van der Waals surface area contributed by atoms with Gasteiger partial charge in [0.15, 0.2) is 0 Å². The van der Waals surface area contributed by atoms with Gasteiger partial charge in [0.1, 0.15) is 17.5 Å². The highest BCUT2D eigenvalue weighted by atomic mass is 35.5. The molecule has 2 aromatic heterocycles. The molecule has 2 fully saturated rings. The van der Waals surface area contributed by atoms with Gasteiger partial charge >= 0.3 is 17.6 Å². The highest BCUT2D eigenvalue weighted by molar-refractivity contribution is 6.32. The lowest BCUT2D eigenvalue weighted by molar-refractivity contribution is -0.138. The van der Waals surface area contributed by atoms with Gasteiger partial charge in [0.25, 0.3) is 0 Å². The van der Waals surface area contributed by atoms with E-state index in [1.165, 1.54) is 43.7 Å². The maximum atomic E-state index is 15.7. The normalized spacial score (nSPS) is 20.0. The summed E-state index contributed by atoms with van der Waals surface area (Å²) in [4.78, 5) is 26.8. The first-order valence-electron chi connectivity index (χ1n) is 20.3. The number of hydrogen-bond donors (Lipinski definition) is 0. The second kappa shape index (κ2) is 17.2. The van der Waals surface area contributed by atoms with Crippen LogP contribution < -0.4 is 11.4 Å². The Morgan fingerprint density at radius 1 is 0.780 bits per heavy atom. The van der Waals surface area contributed by atoms with E-state index >= 15 is 4.39 Å². The van der Waals surface area contributed by atoms with Crippen molar-refractivity contribution < 1.29 is 26.3 Å². The highest BCUT2D eigenvalue weighted by Gasteiger charge is 2.37. The van der Waals surface area contributed by atoms with Crippen LogP contribution in [0.15, 0.2) is 76.3 Å². The highest BCUT2D eigenvalue weighted by Crippen LogP contribution is 2.44. The first-order valence-corrected chi connectivity index (χ1v) is 20.7. The number of halogens is 7. The number of benzene rings is 3. The van der Waals surface area contributed by atoms with Crippen molar-refractivity contribution in [1.82, 2.24) is 28.7 Å². The molecule has 2 saturated carbocycles. The average molecular weight is 843 g/mol. The van der Waals surface area contributed by atoms with E-state index in [0.717, 1.165) is 42.9 Å². The van der Waals surface area contributed by atoms with Crippen LogP contribution in [0.1, 0.15) is 104 Å². The van der Waals surface area contributed by atoms with E-state index in [2.05, 4.69) is 17.1 Å². The van der Waals surface area contributed by atoms with Gasteiger partial charge in [-0.2, -0.15) is 23.4 Å². The van der Waals surface area contributed by atoms with Crippen LogP contribution in [-0.4, -0.2) is 34.6 Å². The van der Waals surface area contributed by atoms with Gasteiger partial charge in [0.05, 0.1) is 17.1 Å². The third kappa shape index (κ3) is 9.90. The standard InChI is InChI=1S/C44H49ClF6N6O2/c1-42(19-14-29(15-20-42)18-23-55-37(52-54(2)40(55)58)24-32-10-6-7-11-35(32)44(49,50)51)26-33-12-13-36(46)34(39(33)45)25-38-53-57(28-30-8-4-3-5-9-30)41(59)56(38)27-31-16-21-43(47,48)22-17-31/h3-13,29,31H,14-28H2,1-2H3. The minimum atomic E-state index is -4.53. The fraction of sp³-hybridized carbons (Fsp3) is 0.500. The van der Waals surface area contributed by atoms with Crippen LogP contribution in [0, 0.1) is 23.1 Å². The second-order valence-corrected chi connectivity index (χ2v) is 17.3. The minimum Gasteiger partial charge on any atom is -0.279 e. The molecular formula is C44H49ClF6N6O2. The van der Waals surface area contributed by atoms with Gasteiger partial charge in [0.2, 0.25) is 5.92 Å². The molecule has 0 bridgehead atoms. The van der Waals surface area contributed by atoms with E-state index in [1.54, 1.807) is 12.1 Å². The zero-order valence-electron chi connectivity index (χ0n) is 33.3. The van der Waals surface area contributed by atoms with Crippen LogP contribution >= 0.6 is 11.6 Å². The molecular weight excluding hydrogens is 794 g/mol. The summed E-state index contributed by atoms with van der Waals surface area (Å²) in [5, 5.41) is 9.21. The molecule has 0 amide bonds. The molecule has 0 aliphatic heterocycles. The van der Waals surface area contributed by atoms with E-state index in [-0.39, 0.29) is 102 Å². The van der Waals surface area contributed by atoms with Crippen LogP contribution in [0.4, 0.5) is 26.3 Å². The molecule has 15 heteroatoms. The van der Waals surface area contributed by atoms with Crippen molar-refractivity contribution in [2.75, 3.05) is 0 Å². The largest absolute Gasteiger partial charge is 0.416 e. The van der Waals surface area contributed by atoms with Crippen molar-refractivity contribution in [1.29, 1.82) is 0 Å². The van der Waals surface area contributed by atoms with Gasteiger partial charge in [-0.05, 0) is 97.4 Å². The van der Waals surface area contributed by atoms with Crippen LogP contribution in [0.2, 0.25) is 5.02 Å². The van der Waals surface area contributed by atoms with E-state index < -0.39 is 23.5 Å². The minimum absolute atomic E-state index is 0.0469. The summed E-state index contributed by atoms with van der Waals surface area (Å²) in [7, 11) is 1.50. The first kappa shape index (κ1) is 42.5. The summed E-state index contributed by atoms with van der Waals surface area (Å²) in [6, 6.07) is 17.8. The van der Waals surface area contributed by atoms with Crippen molar-refractivity contribution in [2.45, 2.75) is 116 Å². The Labute approximate surface area is 343 Å². The van der Waals surface area contributed by atoms with Crippen molar-refractivity contribution in [2.24, 2.45) is 24.3 Å². The van der Waals surface area contributed by atoms with E-state index in [1.807, 2.05) is 30.3 Å². The smallest absolute Gasteiger partial charge is 0.279 e. The number of rotatable bonds is 13. The maximum absolute atomic E-state index is 15.7. The number of hydrogen-bond acceptors (Lipinski definition) is 4. The molecule has 3 aromatic carbocycles. The first-order chi connectivity index (χ1) is 28.0. The quantitative estimate of drug-likeness (QED) is 0.111. The Morgan fingerprint density at radius 3 is 2.12 bits per heavy atom. The van der Waals surface area contributed by atoms with Crippen LogP contribution in [0.5, 0.6) is 0 Å². The zero-order valence-corrected chi connectivity index (χ0v) is 34.0. The molecule has 2 aliphatic carbocycles. The Bertz CT molecular complexity index is 2370. The third-order valence-electron chi connectivity index (χ3n) is 12.5. The lowest BCUT2D eigenvalue weighted by Crippen LogP contribution is -2.32. The number of aryl methyl sites for hydroxylation is 1. The lowest BCUT2D eigenvalue weighted by Gasteiger charge is -2.38. The Morgan fingerprint density at radius 2 is 1.42 bits per heavy atom. The average Bonchev–Trinajstić information content (AvgIpc) is 3.63. The lowest BCUT2D eigenvalue weighted by atomic mass is 9.68. The fourth-order valence-electron chi connectivity index (χ4n) is 8.95. The summed E-state index contributed by atoms with van der Waals surface area (Å²) < 4.78 is 90.3. The molecule has 0 N–H and O–H groups in total. The third-order valence-corrected chi connectivity index (χ3v) is 13.0. The molecule has 59 heavy (non-hydrogen) atoms. The summed E-state index contributed by atoms with van der Waals surface area (Å²) in [6.45, 7) is 2.93. The molecule has 316 valence electrons. The van der Waals surface area contributed by atoms with E-state index in [0.29, 0.717) is 25.2 Å². The molecule has 2 aliphatic rings. The summed E-state index contributed by atoms with van der Waals surface area (Å²) in [6.07, 6.45) is 0.0455. The number of aromatic nitrogens is 6. The molecule has 0 unspecified atom stereocenters. The molecule has 5 aromatic rings. The molecule has 2 heterocycles. The maximum Gasteiger partial charge on any atom is 0.416 e. The van der Waals surface area contributed by atoms with Gasteiger partial charge in [-0.25, -0.2) is 32.1 Å². The molecule has 0 spiro atoms. The molecule has 7 rings (SSSR count). The second-order valence-electron chi connectivity index (χ2n) is 17.0. The molecule has 0 atom stereocenters. The summed E-state index contributed by atoms with van der Waals surface area (Å²) >= 11 is 7.02. The monoisotopic (exact) mass is 842 g/mol. The topological polar surface area (TPSA) is 79.6 Å². The fourth-order valence-corrected chi connectivity index (χ4v) is 9.23. The van der Waals surface area contributed by atoms with Gasteiger partial charge in [-0.15, -0.1) is 0 Å². The molecule has 0 radical (unpaired) electrons. The number of nitrogens with zero attached hydrogens (tertiary/aromatic N) is 6. The van der Waals surface area contributed by atoms with Gasteiger partial charge in [-0.3, -0.25) is 9.13 Å². The van der Waals surface area contributed by atoms with Crippen molar-refractivity contribution in [3.05, 3.63) is 138 Å². The molecule has 0 saturated heterocycles. The molecule has 8 nitrogen and oxygen atoms in total. The predicted molar refractivity (Wildman–Crippen MR) is 213 cm³/mol. The number of alkyl halides is 5. The predicted octanol–water partition coefficient (Wildman–Crippen LogP) is 9.64. The van der Waals surface area contributed by atoms with E-state index in [4.69, 9.17) is 11.6 Å². The zero-order chi connectivity index (χ0) is 42.1. The van der Waals surface area contributed by atoms with Crippen LogP contribution in [0.3, 0.4) is 0 Å².